The van der Waals surface area contributed by atoms with Gasteiger partial charge in [0.1, 0.15) is 0 Å². The van der Waals surface area contributed by atoms with E-state index in [2.05, 4.69) is 5.32 Å². The van der Waals surface area contributed by atoms with Gasteiger partial charge in [0.05, 0.1) is 11.4 Å². The molecule has 20 heavy (non-hydrogen) atoms. The zero-order valence-corrected chi connectivity index (χ0v) is 12.1. The van der Waals surface area contributed by atoms with Crippen molar-refractivity contribution < 1.29 is 9.59 Å². The van der Waals surface area contributed by atoms with Crippen LogP contribution in [0.25, 0.3) is 0 Å². The predicted octanol–water partition coefficient (Wildman–Crippen LogP) is 2.12. The molecule has 1 aliphatic rings. The molecule has 1 atom stereocenters. The molecule has 108 valence electrons. The van der Waals surface area contributed by atoms with Crippen molar-refractivity contribution in [1.82, 2.24) is 4.90 Å². The van der Waals surface area contributed by atoms with Crippen molar-refractivity contribution in [2.45, 2.75) is 19.8 Å². The molecular weight excluding hydrogens is 278 g/mol. The van der Waals surface area contributed by atoms with Crippen LogP contribution in [0.5, 0.6) is 0 Å². The highest BCUT2D eigenvalue weighted by Gasteiger charge is 2.26. The van der Waals surface area contributed by atoms with E-state index in [0.29, 0.717) is 35.3 Å². The minimum atomic E-state index is -0.161. The Balaban J connectivity index is 1.85. The zero-order chi connectivity index (χ0) is 14.7. The van der Waals surface area contributed by atoms with Crippen LogP contribution in [0.3, 0.4) is 0 Å². The van der Waals surface area contributed by atoms with Crippen molar-refractivity contribution in [2.24, 2.45) is 5.92 Å². The highest BCUT2D eigenvalue weighted by molar-refractivity contribution is 6.31. The number of carbonyl (C=O) groups excluding carboxylic acids is 2. The molecule has 0 radical (unpaired) electrons. The summed E-state index contributed by atoms with van der Waals surface area (Å²) in [4.78, 5) is 25.2. The number of nitrogens with one attached hydrogen (secondary N) is 1. The summed E-state index contributed by atoms with van der Waals surface area (Å²) in [6, 6.07) is 4.92. The summed E-state index contributed by atoms with van der Waals surface area (Å²) in [5, 5.41) is 3.25. The molecule has 0 bridgehead atoms. The molecule has 0 aliphatic carbocycles. The summed E-state index contributed by atoms with van der Waals surface area (Å²) in [6.07, 6.45) is 0.840. The number of hydrogen-bond acceptors (Lipinski definition) is 3. The molecule has 1 aliphatic heterocycles. The van der Waals surface area contributed by atoms with E-state index in [4.69, 9.17) is 17.3 Å². The van der Waals surface area contributed by atoms with Crippen molar-refractivity contribution in [2.75, 3.05) is 24.1 Å². The molecule has 1 heterocycles. The van der Waals surface area contributed by atoms with Gasteiger partial charge in [-0.2, -0.15) is 0 Å². The van der Waals surface area contributed by atoms with Gasteiger partial charge in [-0.05, 0) is 24.1 Å². The van der Waals surface area contributed by atoms with Gasteiger partial charge in [0.2, 0.25) is 11.8 Å². The summed E-state index contributed by atoms with van der Waals surface area (Å²) in [5.74, 6) is 0.333. The number of rotatable bonds is 4. The van der Waals surface area contributed by atoms with Gasteiger partial charge in [0.15, 0.2) is 0 Å². The average Bonchev–Trinajstić information content (AvgIpc) is 2.69. The van der Waals surface area contributed by atoms with Crippen LogP contribution >= 0.6 is 11.6 Å². The average molecular weight is 296 g/mol. The number of halogens is 1. The summed E-state index contributed by atoms with van der Waals surface area (Å²) in [6.45, 7) is 3.21. The van der Waals surface area contributed by atoms with Gasteiger partial charge in [-0.25, -0.2) is 0 Å². The second kappa shape index (κ2) is 6.13. The Kier molecular flexibility index (Phi) is 4.49. The number of nitrogens with two attached hydrogens (primary N) is 1. The first kappa shape index (κ1) is 14.7. The van der Waals surface area contributed by atoms with Crippen molar-refractivity contribution in [3.8, 4) is 0 Å². The number of anilines is 2. The molecule has 1 saturated heterocycles. The topological polar surface area (TPSA) is 75.4 Å². The molecule has 0 spiro atoms. The predicted molar refractivity (Wildman–Crippen MR) is 79.5 cm³/mol. The van der Waals surface area contributed by atoms with E-state index in [9.17, 15) is 9.59 Å². The van der Waals surface area contributed by atoms with Crippen LogP contribution in [0.2, 0.25) is 5.02 Å². The van der Waals surface area contributed by atoms with E-state index in [0.717, 1.165) is 6.54 Å². The molecule has 6 heteroatoms. The standard InChI is InChI=1S/C14H18ClN3O2/c1-9-6-14(20)18(8-9)5-4-13(19)17-12-3-2-10(15)7-11(12)16/h2-3,7,9H,4-6,8,16H2,1H3,(H,17,19). The number of likely N-dealkylation sites (tertiary alicyclic amines) is 1. The van der Waals surface area contributed by atoms with E-state index >= 15 is 0 Å². The first-order valence-corrected chi connectivity index (χ1v) is 6.96. The minimum absolute atomic E-state index is 0.122. The lowest BCUT2D eigenvalue weighted by atomic mass is 10.2. The number of carbonyl (C=O) groups is 2. The molecule has 2 rings (SSSR count). The quantitative estimate of drug-likeness (QED) is 0.836. The van der Waals surface area contributed by atoms with Gasteiger partial charge in [-0.1, -0.05) is 18.5 Å². The number of benzene rings is 1. The van der Waals surface area contributed by atoms with Gasteiger partial charge in [0.25, 0.3) is 0 Å². The van der Waals surface area contributed by atoms with Gasteiger partial charge in [0, 0.05) is 31.0 Å². The molecule has 1 unspecified atom stereocenters. The second-order valence-electron chi connectivity index (χ2n) is 5.18. The number of hydrogen-bond donors (Lipinski definition) is 2. The fourth-order valence-electron chi connectivity index (χ4n) is 2.28. The fraction of sp³-hybridized carbons (Fsp3) is 0.429. The summed E-state index contributed by atoms with van der Waals surface area (Å²) < 4.78 is 0. The van der Waals surface area contributed by atoms with E-state index in [1.165, 1.54) is 0 Å². The van der Waals surface area contributed by atoms with Crippen molar-refractivity contribution >= 4 is 34.8 Å². The van der Waals surface area contributed by atoms with Gasteiger partial charge in [-0.15, -0.1) is 0 Å². The molecule has 1 fully saturated rings. The Morgan fingerprint density at radius 1 is 1.55 bits per heavy atom. The van der Waals surface area contributed by atoms with Crippen LogP contribution in [0.4, 0.5) is 11.4 Å². The van der Waals surface area contributed by atoms with Gasteiger partial charge < -0.3 is 16.0 Å². The Morgan fingerprint density at radius 3 is 2.90 bits per heavy atom. The van der Waals surface area contributed by atoms with E-state index in [-0.39, 0.29) is 18.2 Å². The van der Waals surface area contributed by atoms with E-state index < -0.39 is 0 Å². The summed E-state index contributed by atoms with van der Waals surface area (Å²) >= 11 is 5.79. The third kappa shape index (κ3) is 3.63. The monoisotopic (exact) mass is 295 g/mol. The number of nitrogen functional groups attached to an aromatic ring is 1. The number of nitrogens with zero attached hydrogens (tertiary/aromatic N) is 1. The molecule has 1 aromatic rings. The lowest BCUT2D eigenvalue weighted by molar-refractivity contribution is -0.128. The highest BCUT2D eigenvalue weighted by Crippen LogP contribution is 2.23. The molecule has 0 saturated carbocycles. The Morgan fingerprint density at radius 2 is 2.30 bits per heavy atom. The maximum Gasteiger partial charge on any atom is 0.226 e. The maximum atomic E-state index is 11.9. The van der Waals surface area contributed by atoms with Crippen molar-refractivity contribution in [3.63, 3.8) is 0 Å². The van der Waals surface area contributed by atoms with Crippen LogP contribution in [0.1, 0.15) is 19.8 Å². The molecule has 0 aromatic heterocycles. The van der Waals surface area contributed by atoms with Crippen molar-refractivity contribution in [3.05, 3.63) is 23.2 Å². The van der Waals surface area contributed by atoms with Gasteiger partial charge >= 0.3 is 0 Å². The van der Waals surface area contributed by atoms with Crippen LogP contribution in [-0.4, -0.2) is 29.8 Å². The Labute approximate surface area is 123 Å². The summed E-state index contributed by atoms with van der Waals surface area (Å²) in [5.41, 5.74) is 6.73. The maximum absolute atomic E-state index is 11.9. The largest absolute Gasteiger partial charge is 0.397 e. The lowest BCUT2D eigenvalue weighted by Crippen LogP contribution is -2.29. The smallest absolute Gasteiger partial charge is 0.226 e. The molecule has 2 amide bonds. The Bertz CT molecular complexity index is 533. The van der Waals surface area contributed by atoms with Crippen molar-refractivity contribution in [1.29, 1.82) is 0 Å². The first-order valence-electron chi connectivity index (χ1n) is 6.58. The van der Waals surface area contributed by atoms with Crippen LogP contribution in [0.15, 0.2) is 18.2 Å². The van der Waals surface area contributed by atoms with E-state index in [1.807, 2.05) is 6.92 Å². The second-order valence-corrected chi connectivity index (χ2v) is 5.62. The normalized spacial score (nSPS) is 18.4. The highest BCUT2D eigenvalue weighted by atomic mass is 35.5. The molecular formula is C14H18ClN3O2. The SMILES string of the molecule is CC1CC(=O)N(CCC(=O)Nc2ccc(Cl)cc2N)C1. The van der Waals surface area contributed by atoms with Crippen LogP contribution < -0.4 is 11.1 Å². The molecule has 3 N–H and O–H groups in total. The molecule has 5 nitrogen and oxygen atoms in total. The third-order valence-corrected chi connectivity index (χ3v) is 3.54. The van der Waals surface area contributed by atoms with Crippen LogP contribution in [-0.2, 0) is 9.59 Å². The van der Waals surface area contributed by atoms with E-state index in [1.54, 1.807) is 23.1 Å². The molecule has 1 aromatic carbocycles. The number of amides is 2. The minimum Gasteiger partial charge on any atom is -0.397 e. The fourth-order valence-corrected chi connectivity index (χ4v) is 2.46. The third-order valence-electron chi connectivity index (χ3n) is 3.30. The zero-order valence-electron chi connectivity index (χ0n) is 11.4. The first-order chi connectivity index (χ1) is 9.45. The lowest BCUT2D eigenvalue weighted by Gasteiger charge is -2.16. The summed E-state index contributed by atoms with van der Waals surface area (Å²) in [7, 11) is 0. The van der Waals surface area contributed by atoms with Crippen LogP contribution in [0, 0.1) is 5.92 Å². The Hall–Kier alpha value is -1.75. The van der Waals surface area contributed by atoms with Gasteiger partial charge in [-0.3, -0.25) is 9.59 Å².